The molecule has 0 atom stereocenters. The van der Waals surface area contributed by atoms with Crippen LogP contribution in [-0.4, -0.2) is 16.1 Å². The van der Waals surface area contributed by atoms with Gasteiger partial charge in [0.25, 0.3) is 0 Å². The SMILES string of the molecule is Cc1cc(Nc2ccc(Cl)c(Cl)c2)c(C(=O)O)cn1. The van der Waals surface area contributed by atoms with E-state index in [0.29, 0.717) is 27.1 Å². The second kappa shape index (κ2) is 5.47. The average molecular weight is 297 g/mol. The van der Waals surface area contributed by atoms with Crippen molar-refractivity contribution in [1.29, 1.82) is 0 Å². The van der Waals surface area contributed by atoms with E-state index in [1.165, 1.54) is 6.20 Å². The van der Waals surface area contributed by atoms with Crippen molar-refractivity contribution in [3.63, 3.8) is 0 Å². The number of carboxylic acid groups (broad SMARTS) is 1. The fraction of sp³-hybridized carbons (Fsp3) is 0.0769. The van der Waals surface area contributed by atoms with E-state index in [1.54, 1.807) is 31.2 Å². The van der Waals surface area contributed by atoms with Crippen LogP contribution in [0.3, 0.4) is 0 Å². The van der Waals surface area contributed by atoms with Gasteiger partial charge in [0.15, 0.2) is 0 Å². The van der Waals surface area contributed by atoms with Crippen molar-refractivity contribution in [3.05, 3.63) is 51.8 Å². The van der Waals surface area contributed by atoms with Gasteiger partial charge in [-0.3, -0.25) is 4.98 Å². The lowest BCUT2D eigenvalue weighted by atomic mass is 10.2. The minimum absolute atomic E-state index is 0.0941. The molecule has 6 heteroatoms. The Labute approximate surface area is 120 Å². The summed E-state index contributed by atoms with van der Waals surface area (Å²) in [6.07, 6.45) is 1.32. The largest absolute Gasteiger partial charge is 0.478 e. The molecule has 0 saturated heterocycles. The highest BCUT2D eigenvalue weighted by molar-refractivity contribution is 6.42. The summed E-state index contributed by atoms with van der Waals surface area (Å²) >= 11 is 11.7. The summed E-state index contributed by atoms with van der Waals surface area (Å²) < 4.78 is 0. The topological polar surface area (TPSA) is 62.2 Å². The molecule has 0 fully saturated rings. The van der Waals surface area contributed by atoms with E-state index in [0.717, 1.165) is 0 Å². The van der Waals surface area contributed by atoms with Gasteiger partial charge < -0.3 is 10.4 Å². The number of nitrogens with zero attached hydrogens (tertiary/aromatic N) is 1. The van der Waals surface area contributed by atoms with Gasteiger partial charge >= 0.3 is 5.97 Å². The van der Waals surface area contributed by atoms with Gasteiger partial charge in [-0.25, -0.2) is 4.79 Å². The molecule has 0 unspecified atom stereocenters. The molecule has 0 saturated carbocycles. The number of aromatic nitrogens is 1. The zero-order valence-electron chi connectivity index (χ0n) is 9.95. The minimum Gasteiger partial charge on any atom is -0.478 e. The minimum atomic E-state index is -1.05. The van der Waals surface area contributed by atoms with Crippen molar-refractivity contribution in [2.24, 2.45) is 0 Å². The number of halogens is 2. The van der Waals surface area contributed by atoms with Crippen LogP contribution in [0.4, 0.5) is 11.4 Å². The Morgan fingerprint density at radius 1 is 1.26 bits per heavy atom. The summed E-state index contributed by atoms with van der Waals surface area (Å²) in [6, 6.07) is 6.65. The van der Waals surface area contributed by atoms with Gasteiger partial charge in [0.05, 0.1) is 15.7 Å². The van der Waals surface area contributed by atoms with Crippen molar-refractivity contribution in [2.45, 2.75) is 6.92 Å². The molecule has 0 bridgehead atoms. The third-order valence-corrected chi connectivity index (χ3v) is 3.21. The molecule has 1 aromatic heterocycles. The number of hydrogen-bond acceptors (Lipinski definition) is 3. The number of carboxylic acids is 1. The van der Waals surface area contributed by atoms with Crippen LogP contribution in [0.15, 0.2) is 30.5 Å². The zero-order chi connectivity index (χ0) is 14.0. The first kappa shape index (κ1) is 13.6. The molecule has 0 radical (unpaired) electrons. The Morgan fingerprint density at radius 3 is 2.63 bits per heavy atom. The molecule has 0 aliphatic rings. The highest BCUT2D eigenvalue weighted by Gasteiger charge is 2.11. The van der Waals surface area contributed by atoms with E-state index in [2.05, 4.69) is 10.3 Å². The Balaban J connectivity index is 2.39. The van der Waals surface area contributed by atoms with E-state index < -0.39 is 5.97 Å². The molecule has 0 aliphatic carbocycles. The normalized spacial score (nSPS) is 10.3. The predicted molar refractivity (Wildman–Crippen MR) is 75.7 cm³/mol. The van der Waals surface area contributed by atoms with Crippen LogP contribution >= 0.6 is 23.2 Å². The second-order valence-electron chi connectivity index (χ2n) is 3.93. The fourth-order valence-corrected chi connectivity index (χ4v) is 1.86. The van der Waals surface area contributed by atoms with Gasteiger partial charge in [0, 0.05) is 17.6 Å². The number of aryl methyl sites for hydroxylation is 1. The third kappa shape index (κ3) is 3.16. The van der Waals surface area contributed by atoms with Crippen LogP contribution in [0, 0.1) is 6.92 Å². The first-order valence-electron chi connectivity index (χ1n) is 5.39. The second-order valence-corrected chi connectivity index (χ2v) is 4.74. The number of nitrogens with one attached hydrogen (secondary N) is 1. The van der Waals surface area contributed by atoms with Crippen LogP contribution in [-0.2, 0) is 0 Å². The van der Waals surface area contributed by atoms with E-state index in [-0.39, 0.29) is 5.56 Å². The molecule has 2 N–H and O–H groups in total. The number of carbonyl (C=O) groups is 1. The predicted octanol–water partition coefficient (Wildman–Crippen LogP) is 4.14. The Bertz CT molecular complexity index is 645. The lowest BCUT2D eigenvalue weighted by Gasteiger charge is -2.10. The number of benzene rings is 1. The van der Waals surface area contributed by atoms with E-state index in [4.69, 9.17) is 28.3 Å². The molecule has 19 heavy (non-hydrogen) atoms. The summed E-state index contributed by atoms with van der Waals surface area (Å²) in [5, 5.41) is 12.9. The summed E-state index contributed by atoms with van der Waals surface area (Å²) in [4.78, 5) is 15.1. The first-order valence-corrected chi connectivity index (χ1v) is 6.15. The number of pyridine rings is 1. The maximum atomic E-state index is 11.1. The summed E-state index contributed by atoms with van der Waals surface area (Å²) in [7, 11) is 0. The third-order valence-electron chi connectivity index (χ3n) is 2.47. The first-order chi connectivity index (χ1) is 8.97. The molecule has 1 aromatic carbocycles. The average Bonchev–Trinajstić information content (AvgIpc) is 2.33. The Hall–Kier alpha value is -1.78. The molecule has 2 aromatic rings. The van der Waals surface area contributed by atoms with E-state index in [1.807, 2.05) is 0 Å². The van der Waals surface area contributed by atoms with Crippen molar-refractivity contribution in [1.82, 2.24) is 4.98 Å². The van der Waals surface area contributed by atoms with E-state index >= 15 is 0 Å². The van der Waals surface area contributed by atoms with Crippen LogP contribution in [0.2, 0.25) is 10.0 Å². The van der Waals surface area contributed by atoms with Crippen molar-refractivity contribution in [3.8, 4) is 0 Å². The van der Waals surface area contributed by atoms with Crippen LogP contribution < -0.4 is 5.32 Å². The van der Waals surface area contributed by atoms with Gasteiger partial charge in [-0.1, -0.05) is 23.2 Å². The lowest BCUT2D eigenvalue weighted by molar-refractivity contribution is 0.0697. The molecule has 2 rings (SSSR count). The smallest absolute Gasteiger partial charge is 0.339 e. The highest BCUT2D eigenvalue weighted by atomic mass is 35.5. The molecule has 4 nitrogen and oxygen atoms in total. The Morgan fingerprint density at radius 2 is 2.00 bits per heavy atom. The molecule has 0 aliphatic heterocycles. The molecular weight excluding hydrogens is 287 g/mol. The van der Waals surface area contributed by atoms with Crippen molar-refractivity contribution < 1.29 is 9.90 Å². The monoisotopic (exact) mass is 296 g/mol. The fourth-order valence-electron chi connectivity index (χ4n) is 1.56. The van der Waals surface area contributed by atoms with Crippen LogP contribution in [0.1, 0.15) is 16.1 Å². The molecular formula is C13H10Cl2N2O2. The molecule has 0 amide bonds. The number of anilines is 2. The van der Waals surface area contributed by atoms with E-state index in [9.17, 15) is 4.79 Å². The molecule has 0 spiro atoms. The summed E-state index contributed by atoms with van der Waals surface area (Å²) in [5.74, 6) is -1.05. The summed E-state index contributed by atoms with van der Waals surface area (Å²) in [6.45, 7) is 1.78. The summed E-state index contributed by atoms with van der Waals surface area (Å²) in [5.41, 5.74) is 1.92. The van der Waals surface area contributed by atoms with Crippen molar-refractivity contribution >= 4 is 40.5 Å². The van der Waals surface area contributed by atoms with Gasteiger partial charge in [-0.15, -0.1) is 0 Å². The maximum Gasteiger partial charge on any atom is 0.339 e. The Kier molecular flexibility index (Phi) is 3.93. The number of rotatable bonds is 3. The number of hydrogen-bond donors (Lipinski definition) is 2. The number of aromatic carboxylic acids is 1. The molecule has 98 valence electrons. The van der Waals surface area contributed by atoms with Crippen LogP contribution in [0.25, 0.3) is 0 Å². The van der Waals surface area contributed by atoms with Crippen molar-refractivity contribution in [2.75, 3.05) is 5.32 Å². The van der Waals surface area contributed by atoms with Crippen LogP contribution in [0.5, 0.6) is 0 Å². The van der Waals surface area contributed by atoms with Gasteiger partial charge in [-0.2, -0.15) is 0 Å². The van der Waals surface area contributed by atoms with Gasteiger partial charge in [0.2, 0.25) is 0 Å². The lowest BCUT2D eigenvalue weighted by Crippen LogP contribution is -2.04. The van der Waals surface area contributed by atoms with Gasteiger partial charge in [0.1, 0.15) is 5.56 Å². The maximum absolute atomic E-state index is 11.1. The molecule has 1 heterocycles. The standard InChI is InChI=1S/C13H10Cl2N2O2/c1-7-4-12(9(6-16-7)13(18)19)17-8-2-3-10(14)11(15)5-8/h2-6H,1H3,(H,16,17)(H,18,19). The van der Waals surface area contributed by atoms with Gasteiger partial charge in [-0.05, 0) is 31.2 Å². The zero-order valence-corrected chi connectivity index (χ0v) is 11.5. The quantitative estimate of drug-likeness (QED) is 0.893. The highest BCUT2D eigenvalue weighted by Crippen LogP contribution is 2.28.